The highest BCUT2D eigenvalue weighted by Gasteiger charge is 2.29. The minimum atomic E-state index is -1.46. The molecule has 6 heteroatoms. The Hall–Kier alpha value is -4.06. The van der Waals surface area contributed by atoms with Gasteiger partial charge in [0.1, 0.15) is 0 Å². The normalized spacial score (nSPS) is 12.1. The zero-order valence-corrected chi connectivity index (χ0v) is 14.4. The smallest absolute Gasteiger partial charge is 0.256 e. The van der Waals surface area contributed by atoms with E-state index >= 15 is 0 Å². The van der Waals surface area contributed by atoms with E-state index in [9.17, 15) is 24.3 Å². The van der Waals surface area contributed by atoms with E-state index in [-0.39, 0.29) is 39.5 Å². The number of carbonyl (C=O) groups is 4. The molecule has 1 aliphatic rings. The van der Waals surface area contributed by atoms with E-state index < -0.39 is 11.9 Å². The van der Waals surface area contributed by atoms with Gasteiger partial charge in [0.2, 0.25) is 0 Å². The number of nitrogens with one attached hydrogen (secondary N) is 1. The van der Waals surface area contributed by atoms with Crippen molar-refractivity contribution in [1.29, 1.82) is 0 Å². The molecule has 0 spiro atoms. The number of hydrogen-bond acceptors (Lipinski definition) is 5. The van der Waals surface area contributed by atoms with Gasteiger partial charge in [-0.1, -0.05) is 42.5 Å². The van der Waals surface area contributed by atoms with Crippen molar-refractivity contribution in [3.63, 3.8) is 0 Å². The molecule has 1 N–H and O–H groups in total. The predicted molar refractivity (Wildman–Crippen MR) is 98.5 cm³/mol. The van der Waals surface area contributed by atoms with Gasteiger partial charge in [-0.2, -0.15) is 0 Å². The van der Waals surface area contributed by atoms with E-state index in [1.54, 1.807) is 24.3 Å². The molecular weight excluding hydrogens is 358 g/mol. The summed E-state index contributed by atoms with van der Waals surface area (Å²) < 4.78 is 0. The monoisotopic (exact) mass is 370 g/mol. The Balaban J connectivity index is 1.69. The summed E-state index contributed by atoms with van der Waals surface area (Å²) in [7, 11) is 0. The SMILES string of the molecule is O=C([O-])c1ccccc1C(=O)Nc1ccc2c(c1)C(=O)c1ccccc1C2=O. The standard InChI is InChI=1S/C22H13NO5/c24-19-13-5-1-2-6-14(13)20(25)18-11-12(9-10-15(18)19)23-21(26)16-7-3-4-8-17(16)22(27)28/h1-11H,(H,23,26)(H,27,28)/p-1. The molecule has 136 valence electrons. The van der Waals surface area contributed by atoms with Gasteiger partial charge in [0.15, 0.2) is 11.6 Å². The molecule has 0 bridgehead atoms. The number of amides is 1. The minimum Gasteiger partial charge on any atom is -0.545 e. The van der Waals surface area contributed by atoms with Crippen LogP contribution in [-0.2, 0) is 0 Å². The van der Waals surface area contributed by atoms with Crippen molar-refractivity contribution in [2.24, 2.45) is 0 Å². The van der Waals surface area contributed by atoms with Crippen LogP contribution in [0.1, 0.15) is 52.6 Å². The average molecular weight is 370 g/mol. The van der Waals surface area contributed by atoms with Crippen LogP contribution in [-0.4, -0.2) is 23.4 Å². The van der Waals surface area contributed by atoms with E-state index in [1.165, 1.54) is 42.5 Å². The van der Waals surface area contributed by atoms with Gasteiger partial charge in [-0.05, 0) is 24.3 Å². The van der Waals surface area contributed by atoms with Gasteiger partial charge in [-0.3, -0.25) is 14.4 Å². The lowest BCUT2D eigenvalue weighted by Crippen LogP contribution is -2.26. The Morgan fingerprint density at radius 2 is 1.21 bits per heavy atom. The number of carboxylic acids is 1. The molecule has 0 saturated heterocycles. The predicted octanol–water partition coefficient (Wildman–Crippen LogP) is 2.08. The molecule has 28 heavy (non-hydrogen) atoms. The van der Waals surface area contributed by atoms with Crippen LogP contribution in [0.5, 0.6) is 0 Å². The molecule has 0 aliphatic heterocycles. The van der Waals surface area contributed by atoms with Crippen LogP contribution in [0.3, 0.4) is 0 Å². The molecule has 0 radical (unpaired) electrons. The van der Waals surface area contributed by atoms with Gasteiger partial charge >= 0.3 is 0 Å². The Morgan fingerprint density at radius 3 is 1.86 bits per heavy atom. The lowest BCUT2D eigenvalue weighted by molar-refractivity contribution is -0.255. The summed E-state index contributed by atoms with van der Waals surface area (Å²) in [6.45, 7) is 0. The number of anilines is 1. The molecule has 3 aromatic rings. The number of hydrogen-bond donors (Lipinski definition) is 1. The van der Waals surface area contributed by atoms with E-state index in [1.807, 2.05) is 0 Å². The number of ketones is 2. The zero-order chi connectivity index (χ0) is 19.8. The van der Waals surface area contributed by atoms with Crippen molar-refractivity contribution in [3.05, 3.63) is 100 Å². The first-order chi connectivity index (χ1) is 13.5. The summed E-state index contributed by atoms with van der Waals surface area (Å²) in [6, 6.07) is 16.6. The molecule has 0 atom stereocenters. The van der Waals surface area contributed by atoms with Crippen LogP contribution in [0.2, 0.25) is 0 Å². The Morgan fingerprint density at radius 1 is 0.679 bits per heavy atom. The van der Waals surface area contributed by atoms with Gasteiger partial charge in [0, 0.05) is 39.1 Å². The number of carbonyl (C=O) groups excluding carboxylic acids is 4. The van der Waals surface area contributed by atoms with Crippen LogP contribution < -0.4 is 10.4 Å². The van der Waals surface area contributed by atoms with E-state index in [4.69, 9.17) is 0 Å². The summed E-state index contributed by atoms with van der Waals surface area (Å²) in [4.78, 5) is 49.1. The molecule has 0 unspecified atom stereocenters. The van der Waals surface area contributed by atoms with Gasteiger partial charge in [-0.15, -0.1) is 0 Å². The van der Waals surface area contributed by atoms with Crippen LogP contribution in [0.25, 0.3) is 0 Å². The van der Waals surface area contributed by atoms with Crippen molar-refractivity contribution >= 4 is 29.1 Å². The fourth-order valence-corrected chi connectivity index (χ4v) is 3.23. The second-order valence-corrected chi connectivity index (χ2v) is 6.25. The van der Waals surface area contributed by atoms with Gasteiger partial charge < -0.3 is 15.2 Å². The molecule has 6 nitrogen and oxygen atoms in total. The average Bonchev–Trinajstić information content (AvgIpc) is 2.72. The summed E-state index contributed by atoms with van der Waals surface area (Å²) in [5.41, 5.74) is 1.08. The molecule has 0 saturated carbocycles. The van der Waals surface area contributed by atoms with Crippen LogP contribution >= 0.6 is 0 Å². The minimum absolute atomic E-state index is 0.0621. The van der Waals surface area contributed by atoms with Crippen molar-refractivity contribution in [1.82, 2.24) is 0 Å². The second-order valence-electron chi connectivity index (χ2n) is 6.25. The third-order valence-corrected chi connectivity index (χ3v) is 4.57. The fraction of sp³-hybridized carbons (Fsp3) is 0. The molecule has 4 rings (SSSR count). The molecular formula is C22H12NO5-. The largest absolute Gasteiger partial charge is 0.545 e. The van der Waals surface area contributed by atoms with Crippen LogP contribution in [0.15, 0.2) is 66.7 Å². The Bertz CT molecular complexity index is 1180. The topological polar surface area (TPSA) is 103 Å². The van der Waals surface area contributed by atoms with Gasteiger partial charge in [0.25, 0.3) is 5.91 Å². The number of aromatic carboxylic acids is 1. The van der Waals surface area contributed by atoms with Gasteiger partial charge in [-0.25, -0.2) is 0 Å². The number of benzene rings is 3. The summed E-state index contributed by atoms with van der Waals surface area (Å²) in [5.74, 6) is -2.69. The molecule has 3 aromatic carbocycles. The van der Waals surface area contributed by atoms with Crippen molar-refractivity contribution in [3.8, 4) is 0 Å². The summed E-state index contributed by atoms with van der Waals surface area (Å²) in [6.07, 6.45) is 0. The Labute approximate surface area is 159 Å². The molecule has 0 aromatic heterocycles. The first-order valence-corrected chi connectivity index (χ1v) is 8.41. The lowest BCUT2D eigenvalue weighted by atomic mass is 9.84. The first kappa shape index (κ1) is 17.4. The molecule has 1 amide bonds. The Kier molecular flexibility index (Phi) is 4.08. The van der Waals surface area contributed by atoms with E-state index in [2.05, 4.69) is 5.32 Å². The summed E-state index contributed by atoms with van der Waals surface area (Å²) >= 11 is 0. The second kappa shape index (κ2) is 6.59. The van der Waals surface area contributed by atoms with Gasteiger partial charge in [0.05, 0.1) is 5.97 Å². The van der Waals surface area contributed by atoms with Crippen LogP contribution in [0, 0.1) is 0 Å². The highest BCUT2D eigenvalue weighted by atomic mass is 16.4. The summed E-state index contributed by atoms with van der Waals surface area (Å²) in [5, 5.41) is 13.8. The van der Waals surface area contributed by atoms with Crippen molar-refractivity contribution in [2.75, 3.05) is 5.32 Å². The molecule has 0 fully saturated rings. The maximum absolute atomic E-state index is 12.8. The highest BCUT2D eigenvalue weighted by molar-refractivity contribution is 6.28. The quantitative estimate of drug-likeness (QED) is 0.595. The highest BCUT2D eigenvalue weighted by Crippen LogP contribution is 2.29. The third kappa shape index (κ3) is 2.77. The number of carboxylic acid groups (broad SMARTS) is 1. The van der Waals surface area contributed by atoms with Crippen LogP contribution in [0.4, 0.5) is 5.69 Å². The lowest BCUT2D eigenvalue weighted by Gasteiger charge is -2.18. The fourth-order valence-electron chi connectivity index (χ4n) is 3.23. The molecule has 1 aliphatic carbocycles. The number of fused-ring (bicyclic) bond motifs is 2. The van der Waals surface area contributed by atoms with Crippen molar-refractivity contribution < 1.29 is 24.3 Å². The first-order valence-electron chi connectivity index (χ1n) is 8.41. The maximum Gasteiger partial charge on any atom is 0.256 e. The third-order valence-electron chi connectivity index (χ3n) is 4.57. The van der Waals surface area contributed by atoms with E-state index in [0.29, 0.717) is 11.1 Å². The maximum atomic E-state index is 12.8. The number of rotatable bonds is 3. The van der Waals surface area contributed by atoms with Crippen molar-refractivity contribution in [2.45, 2.75) is 0 Å². The zero-order valence-electron chi connectivity index (χ0n) is 14.4. The van der Waals surface area contributed by atoms with E-state index in [0.717, 1.165) is 0 Å². The molecule has 0 heterocycles.